The minimum absolute atomic E-state index is 0.301. The fraction of sp³-hybridized carbons (Fsp3) is 0.273. The molecule has 1 amide bonds. The van der Waals surface area contributed by atoms with Crippen LogP contribution in [-0.4, -0.2) is 28.4 Å². The van der Waals surface area contributed by atoms with Gasteiger partial charge in [-0.1, -0.05) is 24.3 Å². The number of amides is 1. The maximum absolute atomic E-state index is 10.9. The predicted octanol–water partition coefficient (Wildman–Crippen LogP) is 1.29. The Labute approximate surface area is 87.1 Å². The number of hydrogen-bond donors (Lipinski definition) is 1. The summed E-state index contributed by atoms with van der Waals surface area (Å²) in [5.74, 6) is 0. The molecule has 0 radical (unpaired) electrons. The van der Waals surface area contributed by atoms with Crippen LogP contribution in [0.5, 0.6) is 0 Å². The van der Waals surface area contributed by atoms with Gasteiger partial charge in [-0.3, -0.25) is 4.90 Å². The van der Waals surface area contributed by atoms with Crippen molar-refractivity contribution in [3.8, 4) is 0 Å². The topological polar surface area (TPSA) is 57.6 Å². The SMILES string of the molecule is O=C[C@H]1Cc2ccccc2CN1C(=O)O. The Hall–Kier alpha value is -1.84. The number of fused-ring (bicyclic) bond motifs is 1. The lowest BCUT2D eigenvalue weighted by Crippen LogP contribution is -2.44. The zero-order valence-electron chi connectivity index (χ0n) is 8.09. The van der Waals surface area contributed by atoms with E-state index in [1.165, 1.54) is 4.90 Å². The predicted molar refractivity (Wildman–Crippen MR) is 53.6 cm³/mol. The molecule has 15 heavy (non-hydrogen) atoms. The average molecular weight is 205 g/mol. The summed E-state index contributed by atoms with van der Waals surface area (Å²) in [5, 5.41) is 8.93. The molecule has 4 heteroatoms. The first-order valence-electron chi connectivity index (χ1n) is 4.74. The highest BCUT2D eigenvalue weighted by Crippen LogP contribution is 2.22. The normalized spacial score (nSPS) is 19.5. The fourth-order valence-electron chi connectivity index (χ4n) is 1.88. The van der Waals surface area contributed by atoms with Crippen molar-refractivity contribution < 1.29 is 14.7 Å². The second-order valence-corrected chi connectivity index (χ2v) is 3.59. The van der Waals surface area contributed by atoms with Gasteiger partial charge in [0.1, 0.15) is 6.29 Å². The number of carbonyl (C=O) groups is 2. The van der Waals surface area contributed by atoms with Crippen molar-refractivity contribution in [1.82, 2.24) is 4.90 Å². The van der Waals surface area contributed by atoms with Crippen LogP contribution in [0.15, 0.2) is 24.3 Å². The van der Waals surface area contributed by atoms with Gasteiger partial charge >= 0.3 is 6.09 Å². The summed E-state index contributed by atoms with van der Waals surface area (Å²) in [5.41, 5.74) is 2.05. The van der Waals surface area contributed by atoms with Gasteiger partial charge in [-0.15, -0.1) is 0 Å². The molecule has 0 saturated carbocycles. The molecule has 0 bridgehead atoms. The van der Waals surface area contributed by atoms with Crippen LogP contribution in [0.3, 0.4) is 0 Å². The molecule has 2 rings (SSSR count). The van der Waals surface area contributed by atoms with E-state index in [4.69, 9.17) is 5.11 Å². The van der Waals surface area contributed by atoms with Gasteiger partial charge < -0.3 is 9.90 Å². The molecule has 1 aromatic rings. The standard InChI is InChI=1S/C11H11NO3/c13-7-10-5-8-3-1-2-4-9(8)6-12(10)11(14)15/h1-4,7,10H,5-6H2,(H,14,15)/t10-/m1/s1. The summed E-state index contributed by atoms with van der Waals surface area (Å²) in [6.07, 6.45) is 0.136. The van der Waals surface area contributed by atoms with Gasteiger partial charge in [0, 0.05) is 6.42 Å². The molecule has 1 atom stereocenters. The van der Waals surface area contributed by atoms with Gasteiger partial charge in [0.05, 0.1) is 12.6 Å². The highest BCUT2D eigenvalue weighted by atomic mass is 16.4. The Kier molecular flexibility index (Phi) is 2.41. The molecule has 0 saturated heterocycles. The third-order valence-corrected chi connectivity index (χ3v) is 2.69. The van der Waals surface area contributed by atoms with Crippen molar-refractivity contribution in [3.63, 3.8) is 0 Å². The van der Waals surface area contributed by atoms with Gasteiger partial charge in [-0.05, 0) is 11.1 Å². The lowest BCUT2D eigenvalue weighted by molar-refractivity contribution is -0.112. The first-order valence-corrected chi connectivity index (χ1v) is 4.74. The molecule has 1 N–H and O–H groups in total. The van der Waals surface area contributed by atoms with Crippen molar-refractivity contribution in [3.05, 3.63) is 35.4 Å². The van der Waals surface area contributed by atoms with Crippen molar-refractivity contribution in [2.45, 2.75) is 19.0 Å². The van der Waals surface area contributed by atoms with E-state index < -0.39 is 12.1 Å². The van der Waals surface area contributed by atoms with Crippen molar-refractivity contribution in [1.29, 1.82) is 0 Å². The Morgan fingerprint density at radius 1 is 1.40 bits per heavy atom. The lowest BCUT2D eigenvalue weighted by atomic mass is 9.95. The highest BCUT2D eigenvalue weighted by molar-refractivity contribution is 5.73. The summed E-state index contributed by atoms with van der Waals surface area (Å²) < 4.78 is 0. The molecule has 1 aliphatic heterocycles. The third kappa shape index (κ3) is 1.70. The summed E-state index contributed by atoms with van der Waals surface area (Å²) in [6.45, 7) is 0.301. The quantitative estimate of drug-likeness (QED) is 0.703. The Bertz CT molecular complexity index is 403. The summed E-state index contributed by atoms with van der Waals surface area (Å²) in [7, 11) is 0. The van der Waals surface area contributed by atoms with Gasteiger partial charge in [0.25, 0.3) is 0 Å². The number of benzene rings is 1. The van der Waals surface area contributed by atoms with E-state index in [1.54, 1.807) is 0 Å². The van der Waals surface area contributed by atoms with Crippen LogP contribution < -0.4 is 0 Å². The third-order valence-electron chi connectivity index (χ3n) is 2.69. The second-order valence-electron chi connectivity index (χ2n) is 3.59. The van der Waals surface area contributed by atoms with E-state index >= 15 is 0 Å². The van der Waals surface area contributed by atoms with E-state index in [0.29, 0.717) is 19.3 Å². The Balaban J connectivity index is 2.34. The molecule has 1 heterocycles. The first-order chi connectivity index (χ1) is 7.22. The van der Waals surface area contributed by atoms with E-state index in [-0.39, 0.29) is 0 Å². The van der Waals surface area contributed by atoms with Crippen molar-refractivity contribution in [2.75, 3.05) is 0 Å². The number of carbonyl (C=O) groups excluding carboxylic acids is 1. The number of hydrogen-bond acceptors (Lipinski definition) is 2. The molecular formula is C11H11NO3. The molecule has 4 nitrogen and oxygen atoms in total. The Morgan fingerprint density at radius 3 is 2.67 bits per heavy atom. The molecule has 0 aromatic heterocycles. The van der Waals surface area contributed by atoms with Crippen LogP contribution in [0, 0.1) is 0 Å². The van der Waals surface area contributed by atoms with Gasteiger partial charge in [0.2, 0.25) is 0 Å². The fourth-order valence-corrected chi connectivity index (χ4v) is 1.88. The molecule has 0 spiro atoms. The van der Waals surface area contributed by atoms with Crippen molar-refractivity contribution >= 4 is 12.4 Å². The molecule has 0 aliphatic carbocycles. The summed E-state index contributed by atoms with van der Waals surface area (Å²) >= 11 is 0. The minimum atomic E-state index is -1.04. The van der Waals surface area contributed by atoms with Crippen LogP contribution in [0.1, 0.15) is 11.1 Å². The lowest BCUT2D eigenvalue weighted by Gasteiger charge is -2.31. The van der Waals surface area contributed by atoms with E-state index in [9.17, 15) is 9.59 Å². The highest BCUT2D eigenvalue weighted by Gasteiger charge is 2.28. The van der Waals surface area contributed by atoms with E-state index in [0.717, 1.165) is 11.1 Å². The molecular weight excluding hydrogens is 194 g/mol. The molecule has 0 unspecified atom stereocenters. The number of rotatable bonds is 1. The van der Waals surface area contributed by atoms with Gasteiger partial charge in [0.15, 0.2) is 0 Å². The summed E-state index contributed by atoms with van der Waals surface area (Å²) in [4.78, 5) is 22.9. The monoisotopic (exact) mass is 205 g/mol. The maximum atomic E-state index is 10.9. The molecule has 0 fully saturated rings. The summed E-state index contributed by atoms with van der Waals surface area (Å²) in [6, 6.07) is 7.06. The average Bonchev–Trinajstić information content (AvgIpc) is 2.27. The zero-order chi connectivity index (χ0) is 10.8. The number of nitrogens with zero attached hydrogens (tertiary/aromatic N) is 1. The smallest absolute Gasteiger partial charge is 0.408 e. The van der Waals surface area contributed by atoms with Crippen LogP contribution in [0.25, 0.3) is 0 Å². The zero-order valence-corrected chi connectivity index (χ0v) is 8.09. The first kappa shape index (κ1) is 9.71. The molecule has 1 aliphatic rings. The van der Waals surface area contributed by atoms with E-state index in [2.05, 4.69) is 0 Å². The second kappa shape index (κ2) is 3.73. The molecule has 1 aromatic carbocycles. The minimum Gasteiger partial charge on any atom is -0.465 e. The van der Waals surface area contributed by atoms with E-state index in [1.807, 2.05) is 24.3 Å². The van der Waals surface area contributed by atoms with Gasteiger partial charge in [-0.25, -0.2) is 4.79 Å². The molecule has 78 valence electrons. The number of aldehydes is 1. The largest absolute Gasteiger partial charge is 0.465 e. The van der Waals surface area contributed by atoms with Crippen LogP contribution in [-0.2, 0) is 17.8 Å². The maximum Gasteiger partial charge on any atom is 0.408 e. The Morgan fingerprint density at radius 2 is 2.07 bits per heavy atom. The van der Waals surface area contributed by atoms with Crippen molar-refractivity contribution in [2.24, 2.45) is 0 Å². The van der Waals surface area contributed by atoms with Gasteiger partial charge in [-0.2, -0.15) is 0 Å². The van der Waals surface area contributed by atoms with Crippen LogP contribution in [0.2, 0.25) is 0 Å². The number of carboxylic acid groups (broad SMARTS) is 1. The van der Waals surface area contributed by atoms with Crippen LogP contribution in [0.4, 0.5) is 4.79 Å². The van der Waals surface area contributed by atoms with Crippen LogP contribution >= 0.6 is 0 Å².